The number of rotatable bonds is 7. The number of pyridine rings is 1. The van der Waals surface area contributed by atoms with Gasteiger partial charge in [-0.05, 0) is 35.2 Å². The Morgan fingerprint density at radius 3 is 2.65 bits per heavy atom. The number of ether oxygens (including phenoxy) is 2. The highest BCUT2D eigenvalue weighted by Crippen LogP contribution is 2.38. The Balaban J connectivity index is 1.45. The van der Waals surface area contributed by atoms with Gasteiger partial charge in [0, 0.05) is 37.3 Å². The number of morpholine rings is 1. The van der Waals surface area contributed by atoms with Gasteiger partial charge in [-0.1, -0.05) is 59.6 Å². The van der Waals surface area contributed by atoms with Gasteiger partial charge in [0.05, 0.1) is 52.8 Å². The molecule has 0 aliphatic carbocycles. The number of halogens is 2. The van der Waals surface area contributed by atoms with Gasteiger partial charge in [-0.2, -0.15) is 5.26 Å². The lowest BCUT2D eigenvalue weighted by molar-refractivity contribution is 0.0384. The molecule has 188 valence electrons. The summed E-state index contributed by atoms with van der Waals surface area (Å²) in [6.07, 6.45) is 2.57. The molecular formula is C29H26Cl2N4O2. The summed E-state index contributed by atoms with van der Waals surface area (Å²) in [5, 5.41) is 14.7. The minimum absolute atomic E-state index is 0.412. The zero-order chi connectivity index (χ0) is 25.8. The fraction of sp³-hybridized carbons (Fsp3) is 0.241. The molecule has 0 atom stereocenters. The minimum Gasteiger partial charge on any atom is -0.495 e. The molecule has 1 fully saturated rings. The van der Waals surface area contributed by atoms with E-state index < -0.39 is 0 Å². The number of anilines is 2. The van der Waals surface area contributed by atoms with Gasteiger partial charge in [0.15, 0.2) is 0 Å². The van der Waals surface area contributed by atoms with Crippen LogP contribution in [0.1, 0.15) is 11.1 Å². The van der Waals surface area contributed by atoms with Crippen molar-refractivity contribution in [2.24, 2.45) is 0 Å². The van der Waals surface area contributed by atoms with E-state index in [0.717, 1.165) is 61.3 Å². The fourth-order valence-electron chi connectivity index (χ4n) is 4.53. The second kappa shape index (κ2) is 11.4. The molecule has 4 aromatic rings. The molecule has 1 aliphatic heterocycles. The summed E-state index contributed by atoms with van der Waals surface area (Å²) in [6.45, 7) is 4.63. The molecule has 3 aromatic carbocycles. The lowest BCUT2D eigenvalue weighted by Crippen LogP contribution is -2.37. The fourth-order valence-corrected chi connectivity index (χ4v) is 5.03. The third-order valence-electron chi connectivity index (χ3n) is 6.57. The number of nitriles is 1. The summed E-state index contributed by atoms with van der Waals surface area (Å²) in [6, 6.07) is 20.3. The Morgan fingerprint density at radius 1 is 1.05 bits per heavy atom. The summed E-state index contributed by atoms with van der Waals surface area (Å²) in [5.41, 5.74) is 5.90. The van der Waals surface area contributed by atoms with E-state index in [9.17, 15) is 5.26 Å². The molecule has 1 saturated heterocycles. The average Bonchev–Trinajstić information content (AvgIpc) is 2.94. The van der Waals surface area contributed by atoms with Crippen LogP contribution < -0.4 is 10.1 Å². The standard InChI is InChI=1S/C29H26Cl2N4O2/c1-36-28-16-27(24(30)15-25(28)31)34-29-22(17-32)18-33-26-14-21(5-6-23(26)29)20-4-2-3-19(13-20)7-8-35-9-11-37-12-10-35/h2-6,13-16,18H,7-12H2,1H3,(H,33,34). The Labute approximate surface area is 226 Å². The maximum absolute atomic E-state index is 9.76. The first kappa shape index (κ1) is 25.3. The molecular weight excluding hydrogens is 507 g/mol. The summed E-state index contributed by atoms with van der Waals surface area (Å²) in [5.74, 6) is 0.487. The third-order valence-corrected chi connectivity index (χ3v) is 7.18. The predicted octanol–water partition coefficient (Wildman–Crippen LogP) is 6.71. The molecule has 1 aromatic heterocycles. The first-order valence-electron chi connectivity index (χ1n) is 12.1. The number of hydrogen-bond donors (Lipinski definition) is 1. The second-order valence-electron chi connectivity index (χ2n) is 8.89. The van der Waals surface area contributed by atoms with Crippen molar-refractivity contribution in [3.8, 4) is 22.9 Å². The quantitative estimate of drug-likeness (QED) is 0.285. The lowest BCUT2D eigenvalue weighted by atomic mass is 9.99. The highest BCUT2D eigenvalue weighted by atomic mass is 35.5. The van der Waals surface area contributed by atoms with E-state index in [0.29, 0.717) is 32.7 Å². The van der Waals surface area contributed by atoms with Crippen LogP contribution in [0, 0.1) is 11.3 Å². The van der Waals surface area contributed by atoms with Gasteiger partial charge in [0.1, 0.15) is 11.8 Å². The molecule has 0 unspecified atom stereocenters. The van der Waals surface area contributed by atoms with Crippen molar-refractivity contribution >= 4 is 45.5 Å². The number of benzene rings is 3. The van der Waals surface area contributed by atoms with Crippen LogP contribution in [-0.4, -0.2) is 49.8 Å². The van der Waals surface area contributed by atoms with Crippen molar-refractivity contribution in [3.63, 3.8) is 0 Å². The topological polar surface area (TPSA) is 70.4 Å². The van der Waals surface area contributed by atoms with Gasteiger partial charge in [-0.15, -0.1) is 0 Å². The van der Waals surface area contributed by atoms with Crippen LogP contribution in [0.3, 0.4) is 0 Å². The zero-order valence-electron chi connectivity index (χ0n) is 20.4. The summed E-state index contributed by atoms with van der Waals surface area (Å²) in [7, 11) is 1.54. The maximum atomic E-state index is 9.76. The first-order chi connectivity index (χ1) is 18.1. The van der Waals surface area contributed by atoms with Crippen LogP contribution in [0.2, 0.25) is 10.0 Å². The van der Waals surface area contributed by atoms with E-state index in [1.54, 1.807) is 25.4 Å². The number of hydrogen-bond acceptors (Lipinski definition) is 6. The maximum Gasteiger partial charge on any atom is 0.139 e. The van der Waals surface area contributed by atoms with Crippen molar-refractivity contribution in [2.75, 3.05) is 45.3 Å². The lowest BCUT2D eigenvalue weighted by Gasteiger charge is -2.26. The monoisotopic (exact) mass is 532 g/mol. The van der Waals surface area contributed by atoms with Gasteiger partial charge in [0.25, 0.3) is 0 Å². The summed E-state index contributed by atoms with van der Waals surface area (Å²) < 4.78 is 10.8. The average molecular weight is 533 g/mol. The Kier molecular flexibility index (Phi) is 7.78. The molecule has 2 heterocycles. The predicted molar refractivity (Wildman–Crippen MR) is 149 cm³/mol. The minimum atomic E-state index is 0.412. The van der Waals surface area contributed by atoms with Gasteiger partial charge >= 0.3 is 0 Å². The highest BCUT2D eigenvalue weighted by molar-refractivity contribution is 6.37. The molecule has 6 nitrogen and oxygen atoms in total. The number of fused-ring (bicyclic) bond motifs is 1. The Bertz CT molecular complexity index is 1480. The van der Waals surface area contributed by atoms with Gasteiger partial charge in [-0.25, -0.2) is 0 Å². The van der Waals surface area contributed by atoms with E-state index in [1.807, 2.05) is 12.1 Å². The van der Waals surface area contributed by atoms with Crippen molar-refractivity contribution in [1.82, 2.24) is 9.88 Å². The van der Waals surface area contributed by atoms with E-state index >= 15 is 0 Å². The van der Waals surface area contributed by atoms with Crippen LogP contribution in [-0.2, 0) is 11.2 Å². The van der Waals surface area contributed by atoms with Gasteiger partial charge in [-0.3, -0.25) is 9.88 Å². The molecule has 1 N–H and O–H groups in total. The van der Waals surface area contributed by atoms with Crippen molar-refractivity contribution in [2.45, 2.75) is 6.42 Å². The zero-order valence-corrected chi connectivity index (χ0v) is 21.9. The Morgan fingerprint density at radius 2 is 1.86 bits per heavy atom. The molecule has 1 aliphatic rings. The number of methoxy groups -OCH3 is 1. The van der Waals surface area contributed by atoms with Crippen molar-refractivity contribution in [1.29, 1.82) is 5.26 Å². The van der Waals surface area contributed by atoms with Crippen LogP contribution in [0.4, 0.5) is 11.4 Å². The van der Waals surface area contributed by atoms with E-state index in [1.165, 1.54) is 5.56 Å². The third kappa shape index (κ3) is 5.66. The van der Waals surface area contributed by atoms with E-state index in [4.69, 9.17) is 32.7 Å². The van der Waals surface area contributed by atoms with Crippen molar-refractivity contribution in [3.05, 3.63) is 82.0 Å². The van der Waals surface area contributed by atoms with E-state index in [2.05, 4.69) is 51.6 Å². The van der Waals surface area contributed by atoms with Crippen LogP contribution in [0.25, 0.3) is 22.0 Å². The van der Waals surface area contributed by atoms with Crippen LogP contribution in [0.5, 0.6) is 5.75 Å². The SMILES string of the molecule is COc1cc(Nc2c(C#N)cnc3cc(-c4cccc(CCN5CCOCC5)c4)ccc23)c(Cl)cc1Cl. The molecule has 0 amide bonds. The van der Waals surface area contributed by atoms with Crippen molar-refractivity contribution < 1.29 is 9.47 Å². The molecule has 0 radical (unpaired) electrons. The number of nitrogens with zero attached hydrogens (tertiary/aromatic N) is 3. The van der Waals surface area contributed by atoms with Gasteiger partial charge < -0.3 is 14.8 Å². The molecule has 0 saturated carbocycles. The number of nitrogens with one attached hydrogen (secondary N) is 1. The van der Waals surface area contributed by atoms with Crippen LogP contribution in [0.15, 0.2) is 60.8 Å². The Hall–Kier alpha value is -3.34. The van der Waals surface area contributed by atoms with Gasteiger partial charge in [0.2, 0.25) is 0 Å². The largest absolute Gasteiger partial charge is 0.495 e. The van der Waals surface area contributed by atoms with E-state index in [-0.39, 0.29) is 0 Å². The molecule has 37 heavy (non-hydrogen) atoms. The molecule has 5 rings (SSSR count). The first-order valence-corrected chi connectivity index (χ1v) is 12.8. The molecule has 0 bridgehead atoms. The molecule has 8 heteroatoms. The van der Waals surface area contributed by atoms with Crippen LogP contribution >= 0.6 is 23.2 Å². The second-order valence-corrected chi connectivity index (χ2v) is 9.70. The summed E-state index contributed by atoms with van der Waals surface area (Å²) in [4.78, 5) is 7.02. The smallest absolute Gasteiger partial charge is 0.139 e. The summed E-state index contributed by atoms with van der Waals surface area (Å²) >= 11 is 12.6. The normalized spacial score (nSPS) is 13.9. The number of aromatic nitrogens is 1. The highest BCUT2D eigenvalue weighted by Gasteiger charge is 2.15. The molecule has 0 spiro atoms.